The molecule has 0 spiro atoms. The molecule has 0 N–H and O–H groups in total. The Kier molecular flexibility index (Phi) is 4.48. The molecule has 0 radical (unpaired) electrons. The van der Waals surface area contributed by atoms with Gasteiger partial charge in [0.1, 0.15) is 0 Å². The average molecular weight is 307 g/mol. The monoisotopic (exact) mass is 307 g/mol. The average Bonchev–Trinajstić information content (AvgIpc) is 2.55. The Balaban J connectivity index is 2.11. The number of benzene rings is 1. The van der Waals surface area contributed by atoms with Crippen molar-refractivity contribution in [3.8, 4) is 0 Å². The van der Waals surface area contributed by atoms with Gasteiger partial charge in [-0.2, -0.15) is 0 Å². The minimum Gasteiger partial charge on any atom is -0.341 e. The lowest BCUT2D eigenvalue weighted by atomic mass is 9.83. The largest absolute Gasteiger partial charge is 0.341 e. The summed E-state index contributed by atoms with van der Waals surface area (Å²) >= 11 is 0. The molecule has 3 rings (SSSR count). The fourth-order valence-electron chi connectivity index (χ4n) is 4.26. The van der Waals surface area contributed by atoms with Crippen LogP contribution in [0.25, 0.3) is 11.3 Å². The Hall–Kier alpha value is -1.76. The van der Waals surface area contributed by atoms with Gasteiger partial charge in [-0.25, -0.2) is 0 Å². The van der Waals surface area contributed by atoms with Crippen molar-refractivity contribution in [3.63, 3.8) is 0 Å². The molecule has 23 heavy (non-hydrogen) atoms. The lowest BCUT2D eigenvalue weighted by molar-refractivity contribution is 0.235. The predicted molar refractivity (Wildman–Crippen MR) is 101 cm³/mol. The molecule has 0 bridgehead atoms. The van der Waals surface area contributed by atoms with E-state index in [0.29, 0.717) is 6.04 Å². The third kappa shape index (κ3) is 2.78. The first-order valence-electron chi connectivity index (χ1n) is 8.97. The van der Waals surface area contributed by atoms with Gasteiger partial charge in [0.25, 0.3) is 0 Å². The predicted octanol–water partition coefficient (Wildman–Crippen LogP) is 6.17. The SMILES string of the molecule is C=CC1=C(C)N(C2CCC(C)CC2)/C(=C/C)c2cc(C)ccc21. The first-order valence-corrected chi connectivity index (χ1v) is 8.97. The summed E-state index contributed by atoms with van der Waals surface area (Å²) < 4.78 is 0. The zero-order valence-corrected chi connectivity index (χ0v) is 15.0. The Morgan fingerprint density at radius 1 is 1.09 bits per heavy atom. The highest BCUT2D eigenvalue weighted by atomic mass is 15.2. The molecule has 1 aliphatic heterocycles. The molecule has 1 aromatic carbocycles. The highest BCUT2D eigenvalue weighted by Crippen LogP contribution is 2.43. The summed E-state index contributed by atoms with van der Waals surface area (Å²) in [6.45, 7) is 13.1. The topological polar surface area (TPSA) is 3.24 Å². The van der Waals surface area contributed by atoms with Gasteiger partial charge in [-0.1, -0.05) is 43.4 Å². The lowest BCUT2D eigenvalue weighted by Crippen LogP contribution is -2.37. The molecule has 1 aromatic rings. The van der Waals surface area contributed by atoms with E-state index in [4.69, 9.17) is 0 Å². The van der Waals surface area contributed by atoms with E-state index in [1.807, 2.05) is 6.08 Å². The molecule has 1 nitrogen and oxygen atoms in total. The van der Waals surface area contributed by atoms with Gasteiger partial charge < -0.3 is 4.90 Å². The third-order valence-electron chi connectivity index (χ3n) is 5.58. The zero-order valence-electron chi connectivity index (χ0n) is 15.0. The van der Waals surface area contributed by atoms with Crippen molar-refractivity contribution >= 4 is 11.3 Å². The maximum absolute atomic E-state index is 4.09. The summed E-state index contributed by atoms with van der Waals surface area (Å²) in [5.41, 5.74) is 8.06. The van der Waals surface area contributed by atoms with E-state index in [9.17, 15) is 0 Å². The van der Waals surface area contributed by atoms with Gasteiger partial charge in [0.15, 0.2) is 0 Å². The summed E-state index contributed by atoms with van der Waals surface area (Å²) in [7, 11) is 0. The summed E-state index contributed by atoms with van der Waals surface area (Å²) in [6, 6.07) is 7.43. The molecule has 0 aromatic heterocycles. The second-order valence-electron chi connectivity index (χ2n) is 7.21. The minimum atomic E-state index is 0.626. The van der Waals surface area contributed by atoms with Crippen LogP contribution >= 0.6 is 0 Å². The molecule has 0 saturated heterocycles. The molecule has 0 atom stereocenters. The summed E-state index contributed by atoms with van der Waals surface area (Å²) in [6.07, 6.45) is 9.60. The van der Waals surface area contributed by atoms with Gasteiger partial charge in [0.05, 0.1) is 0 Å². The van der Waals surface area contributed by atoms with E-state index >= 15 is 0 Å². The van der Waals surface area contributed by atoms with E-state index < -0.39 is 0 Å². The highest BCUT2D eigenvalue weighted by molar-refractivity contribution is 5.89. The van der Waals surface area contributed by atoms with Gasteiger partial charge in [-0.15, -0.1) is 0 Å². The van der Waals surface area contributed by atoms with Crippen molar-refractivity contribution in [1.29, 1.82) is 0 Å². The zero-order chi connectivity index (χ0) is 16.6. The van der Waals surface area contributed by atoms with Gasteiger partial charge in [-0.05, 0) is 64.0 Å². The Bertz CT molecular complexity index is 669. The molecule has 122 valence electrons. The summed E-state index contributed by atoms with van der Waals surface area (Å²) in [5.74, 6) is 0.878. The normalized spacial score (nSPS) is 26.4. The van der Waals surface area contributed by atoms with E-state index in [1.54, 1.807) is 0 Å². The first-order chi connectivity index (χ1) is 11.1. The molecule has 1 saturated carbocycles. The van der Waals surface area contributed by atoms with Crippen molar-refractivity contribution in [2.24, 2.45) is 5.92 Å². The standard InChI is InChI=1S/C22H29N/c1-6-19-17(5)23(18-11-8-15(3)9-12-18)22(7-2)21-14-16(4)10-13-20(19)21/h6-7,10,13-15,18H,1,8-9,11-12H2,2-5H3/b22-7+. The van der Waals surface area contributed by atoms with Gasteiger partial charge in [0.2, 0.25) is 0 Å². The summed E-state index contributed by atoms with van der Waals surface area (Å²) in [5, 5.41) is 0. The molecule has 1 heterocycles. The van der Waals surface area contributed by atoms with Crippen molar-refractivity contribution in [2.45, 2.75) is 59.4 Å². The highest BCUT2D eigenvalue weighted by Gasteiger charge is 2.32. The van der Waals surface area contributed by atoms with Gasteiger partial charge >= 0.3 is 0 Å². The molecule has 1 aliphatic carbocycles. The minimum absolute atomic E-state index is 0.626. The summed E-state index contributed by atoms with van der Waals surface area (Å²) in [4.78, 5) is 2.60. The van der Waals surface area contributed by atoms with Gasteiger partial charge in [0, 0.05) is 28.6 Å². The van der Waals surface area contributed by atoms with Crippen LogP contribution in [0.4, 0.5) is 0 Å². The van der Waals surface area contributed by atoms with E-state index in [-0.39, 0.29) is 0 Å². The smallest absolute Gasteiger partial charge is 0.0447 e. The van der Waals surface area contributed by atoms with Crippen LogP contribution in [0, 0.1) is 12.8 Å². The number of hydrogen-bond acceptors (Lipinski definition) is 1. The maximum Gasteiger partial charge on any atom is 0.0447 e. The van der Waals surface area contributed by atoms with Crippen molar-refractivity contribution in [2.75, 3.05) is 0 Å². The Morgan fingerprint density at radius 3 is 2.39 bits per heavy atom. The number of hydrogen-bond donors (Lipinski definition) is 0. The maximum atomic E-state index is 4.09. The number of fused-ring (bicyclic) bond motifs is 1. The Morgan fingerprint density at radius 2 is 1.78 bits per heavy atom. The van der Waals surface area contributed by atoms with Crippen LogP contribution in [-0.2, 0) is 0 Å². The van der Waals surface area contributed by atoms with Crippen molar-refractivity contribution in [3.05, 3.63) is 59.3 Å². The van der Waals surface area contributed by atoms with Crippen LogP contribution < -0.4 is 0 Å². The van der Waals surface area contributed by atoms with Crippen LogP contribution in [-0.4, -0.2) is 10.9 Å². The lowest BCUT2D eigenvalue weighted by Gasteiger charge is -2.43. The first kappa shape index (κ1) is 16.1. The molecule has 1 heteroatoms. The molecule has 0 amide bonds. The van der Waals surface area contributed by atoms with E-state index in [1.165, 1.54) is 59.3 Å². The van der Waals surface area contributed by atoms with Crippen LogP contribution in [0.5, 0.6) is 0 Å². The van der Waals surface area contributed by atoms with Crippen LogP contribution in [0.1, 0.15) is 63.1 Å². The fourth-order valence-corrected chi connectivity index (χ4v) is 4.26. The van der Waals surface area contributed by atoms with Gasteiger partial charge in [-0.3, -0.25) is 0 Å². The second kappa shape index (κ2) is 6.39. The van der Waals surface area contributed by atoms with Crippen molar-refractivity contribution < 1.29 is 0 Å². The third-order valence-corrected chi connectivity index (χ3v) is 5.58. The van der Waals surface area contributed by atoms with E-state index in [2.05, 4.69) is 63.4 Å². The van der Waals surface area contributed by atoms with Crippen LogP contribution in [0.15, 0.2) is 42.6 Å². The molecule has 2 aliphatic rings. The van der Waals surface area contributed by atoms with E-state index in [0.717, 1.165) is 5.92 Å². The second-order valence-corrected chi connectivity index (χ2v) is 7.21. The molecular formula is C22H29N. The van der Waals surface area contributed by atoms with Crippen LogP contribution in [0.3, 0.4) is 0 Å². The molecule has 0 unspecified atom stereocenters. The number of rotatable bonds is 2. The number of allylic oxidation sites excluding steroid dienone is 4. The molecular weight excluding hydrogens is 278 g/mol. The molecule has 1 fully saturated rings. The van der Waals surface area contributed by atoms with Crippen LogP contribution in [0.2, 0.25) is 0 Å². The number of nitrogens with zero attached hydrogens (tertiary/aromatic N) is 1. The Labute approximate surface area is 141 Å². The fraction of sp³-hybridized carbons (Fsp3) is 0.455. The number of aryl methyl sites for hydroxylation is 1. The quantitative estimate of drug-likeness (QED) is 0.631. The van der Waals surface area contributed by atoms with Crippen molar-refractivity contribution in [1.82, 2.24) is 4.90 Å².